The predicted molar refractivity (Wildman–Crippen MR) is 71.1 cm³/mol. The molecule has 0 spiro atoms. The van der Waals surface area contributed by atoms with E-state index in [2.05, 4.69) is 0 Å². The lowest BCUT2D eigenvalue weighted by Crippen LogP contribution is -2.20. The molecule has 2 aromatic carbocycles. The van der Waals surface area contributed by atoms with E-state index in [9.17, 15) is 9.46 Å². The minimum atomic E-state index is -3.60. The molecule has 0 radical (unpaired) electrons. The van der Waals surface area contributed by atoms with Gasteiger partial charge in [-0.1, -0.05) is 30.3 Å². The van der Waals surface area contributed by atoms with Crippen LogP contribution in [0.25, 0.3) is 0 Å². The Morgan fingerprint density at radius 1 is 1.00 bits per heavy atom. The Morgan fingerprint density at radius 2 is 1.53 bits per heavy atom. The van der Waals surface area contributed by atoms with Gasteiger partial charge >= 0.3 is 0 Å². The van der Waals surface area contributed by atoms with Crippen LogP contribution in [0.3, 0.4) is 0 Å². The van der Waals surface area contributed by atoms with Gasteiger partial charge in [0.2, 0.25) is 0 Å². The highest BCUT2D eigenvalue weighted by Gasteiger charge is 2.27. The van der Waals surface area contributed by atoms with Crippen LogP contribution in [0.1, 0.15) is 5.56 Å². The quantitative estimate of drug-likeness (QED) is 0.628. The summed E-state index contributed by atoms with van der Waals surface area (Å²) in [6.07, 6.45) is 0. The first-order valence-electron chi connectivity index (χ1n) is 5.27. The molecule has 1 atom stereocenters. The van der Waals surface area contributed by atoms with Gasteiger partial charge in [-0.2, -0.15) is 0 Å². The summed E-state index contributed by atoms with van der Waals surface area (Å²) in [5.41, 5.74) is 6.90. The van der Waals surface area contributed by atoms with Gasteiger partial charge in [0, 0.05) is 11.0 Å². The van der Waals surface area contributed by atoms with Gasteiger partial charge in [-0.05, 0) is 30.7 Å². The summed E-state index contributed by atoms with van der Waals surface area (Å²) in [4.78, 5) is 10.3. The molecule has 0 saturated carbocycles. The number of benzene rings is 2. The van der Waals surface area contributed by atoms with E-state index in [1.807, 2.05) is 19.1 Å². The molecule has 2 rings (SSSR count). The Kier molecular flexibility index (Phi) is 3.05. The SMILES string of the molecule is Cc1ccccc1P(=O)(O)c1ccccc1N. The van der Waals surface area contributed by atoms with Crippen LogP contribution in [0.2, 0.25) is 0 Å². The summed E-state index contributed by atoms with van der Waals surface area (Å²) in [7, 11) is -3.60. The second-order valence-electron chi connectivity index (χ2n) is 3.92. The lowest BCUT2D eigenvalue weighted by molar-refractivity contribution is 0.501. The lowest BCUT2D eigenvalue weighted by atomic mass is 10.2. The maximum absolute atomic E-state index is 12.5. The number of hydrogen-bond acceptors (Lipinski definition) is 2. The zero-order valence-electron chi connectivity index (χ0n) is 9.50. The molecule has 3 N–H and O–H groups in total. The van der Waals surface area contributed by atoms with E-state index in [-0.39, 0.29) is 0 Å². The fourth-order valence-electron chi connectivity index (χ4n) is 1.80. The van der Waals surface area contributed by atoms with Gasteiger partial charge in [-0.15, -0.1) is 0 Å². The molecule has 17 heavy (non-hydrogen) atoms. The van der Waals surface area contributed by atoms with Gasteiger partial charge < -0.3 is 10.6 Å². The number of nitrogen functional groups attached to an aromatic ring is 1. The fourth-order valence-corrected chi connectivity index (χ4v) is 3.61. The van der Waals surface area contributed by atoms with E-state index >= 15 is 0 Å². The van der Waals surface area contributed by atoms with Crippen molar-refractivity contribution >= 4 is 23.7 Å². The van der Waals surface area contributed by atoms with Crippen LogP contribution < -0.4 is 16.3 Å². The lowest BCUT2D eigenvalue weighted by Gasteiger charge is -2.16. The van der Waals surface area contributed by atoms with E-state index in [0.717, 1.165) is 5.56 Å². The number of aryl methyl sites for hydroxylation is 1. The average Bonchev–Trinajstić information content (AvgIpc) is 2.29. The van der Waals surface area contributed by atoms with E-state index < -0.39 is 7.37 Å². The molecule has 0 aliphatic heterocycles. The molecule has 0 bridgehead atoms. The van der Waals surface area contributed by atoms with Gasteiger partial charge in [0.25, 0.3) is 7.37 Å². The number of para-hydroxylation sites is 1. The molecule has 0 amide bonds. The van der Waals surface area contributed by atoms with Crippen LogP contribution in [0.4, 0.5) is 5.69 Å². The first kappa shape index (κ1) is 11.9. The van der Waals surface area contributed by atoms with Crippen molar-refractivity contribution in [1.82, 2.24) is 0 Å². The average molecular weight is 247 g/mol. The molecule has 2 aromatic rings. The number of nitrogens with two attached hydrogens (primary N) is 1. The number of anilines is 1. The van der Waals surface area contributed by atoms with Crippen molar-refractivity contribution < 1.29 is 9.46 Å². The van der Waals surface area contributed by atoms with E-state index in [1.165, 1.54) is 0 Å². The van der Waals surface area contributed by atoms with Crippen LogP contribution in [0.5, 0.6) is 0 Å². The molecule has 3 nitrogen and oxygen atoms in total. The Bertz CT molecular complexity index is 546. The third kappa shape index (κ3) is 2.12. The number of hydrogen-bond donors (Lipinski definition) is 2. The summed E-state index contributed by atoms with van der Waals surface area (Å²) in [5, 5.41) is 0.743. The summed E-state index contributed by atoms with van der Waals surface area (Å²) in [5.74, 6) is 0. The van der Waals surface area contributed by atoms with Gasteiger partial charge in [-0.25, -0.2) is 0 Å². The Hall–Kier alpha value is -1.57. The predicted octanol–water partition coefficient (Wildman–Crippen LogP) is 1.80. The maximum atomic E-state index is 12.5. The van der Waals surface area contributed by atoms with Gasteiger partial charge in [0.1, 0.15) is 0 Å². The second kappa shape index (κ2) is 4.36. The maximum Gasteiger partial charge on any atom is 0.261 e. The Morgan fingerprint density at radius 3 is 2.12 bits per heavy atom. The zero-order chi connectivity index (χ0) is 12.5. The van der Waals surface area contributed by atoms with Crippen molar-refractivity contribution in [1.29, 1.82) is 0 Å². The van der Waals surface area contributed by atoms with E-state index in [1.54, 1.807) is 36.4 Å². The van der Waals surface area contributed by atoms with Crippen LogP contribution in [-0.2, 0) is 4.57 Å². The van der Waals surface area contributed by atoms with Crippen molar-refractivity contribution in [2.75, 3.05) is 5.73 Å². The molecule has 0 heterocycles. The highest BCUT2D eigenvalue weighted by Crippen LogP contribution is 2.40. The molecule has 0 saturated heterocycles. The standard InChI is InChI=1S/C13H14NO2P/c1-10-6-2-4-8-12(10)17(15,16)13-9-5-3-7-11(13)14/h2-9H,14H2,1H3,(H,15,16). The van der Waals surface area contributed by atoms with Crippen LogP contribution in [-0.4, -0.2) is 4.89 Å². The topological polar surface area (TPSA) is 63.3 Å². The molecule has 88 valence electrons. The molecule has 0 aliphatic rings. The fraction of sp³-hybridized carbons (Fsp3) is 0.0769. The number of rotatable bonds is 2. The minimum Gasteiger partial charge on any atom is -0.398 e. The summed E-state index contributed by atoms with van der Waals surface area (Å²) >= 11 is 0. The molecule has 0 aromatic heterocycles. The normalized spacial score (nSPS) is 14.2. The molecule has 0 aliphatic carbocycles. The van der Waals surface area contributed by atoms with E-state index in [4.69, 9.17) is 5.73 Å². The smallest absolute Gasteiger partial charge is 0.261 e. The zero-order valence-corrected chi connectivity index (χ0v) is 10.4. The largest absolute Gasteiger partial charge is 0.398 e. The van der Waals surface area contributed by atoms with Crippen molar-refractivity contribution in [3.63, 3.8) is 0 Å². The summed E-state index contributed by atoms with van der Waals surface area (Å²) < 4.78 is 12.5. The van der Waals surface area contributed by atoms with Crippen molar-refractivity contribution in [2.24, 2.45) is 0 Å². The van der Waals surface area contributed by atoms with Gasteiger partial charge in [0.05, 0.1) is 5.30 Å². The van der Waals surface area contributed by atoms with Gasteiger partial charge in [0.15, 0.2) is 0 Å². The minimum absolute atomic E-state index is 0.300. The summed E-state index contributed by atoms with van der Waals surface area (Å²) in [6.45, 7) is 1.82. The highest BCUT2D eigenvalue weighted by molar-refractivity contribution is 7.73. The third-order valence-electron chi connectivity index (χ3n) is 2.71. The first-order chi connectivity index (χ1) is 8.03. The third-order valence-corrected chi connectivity index (χ3v) is 4.92. The molecule has 0 fully saturated rings. The van der Waals surface area contributed by atoms with Crippen LogP contribution in [0, 0.1) is 6.92 Å². The van der Waals surface area contributed by atoms with E-state index in [0.29, 0.717) is 16.3 Å². The highest BCUT2D eigenvalue weighted by atomic mass is 31.2. The second-order valence-corrected chi connectivity index (χ2v) is 6.04. The molecular weight excluding hydrogens is 233 g/mol. The van der Waals surface area contributed by atoms with Crippen molar-refractivity contribution in [2.45, 2.75) is 6.92 Å². The molecule has 4 heteroatoms. The Labute approximate surface area is 100 Å². The monoisotopic (exact) mass is 247 g/mol. The molecular formula is C13H14NO2P. The first-order valence-corrected chi connectivity index (χ1v) is 6.93. The van der Waals surface area contributed by atoms with Crippen LogP contribution >= 0.6 is 7.37 Å². The van der Waals surface area contributed by atoms with Gasteiger partial charge in [-0.3, -0.25) is 4.57 Å². The molecule has 1 unspecified atom stereocenters. The van der Waals surface area contributed by atoms with Crippen molar-refractivity contribution in [3.8, 4) is 0 Å². The van der Waals surface area contributed by atoms with Crippen molar-refractivity contribution in [3.05, 3.63) is 54.1 Å². The Balaban J connectivity index is 2.63. The summed E-state index contributed by atoms with van der Waals surface area (Å²) in [6, 6.07) is 13.8. The van der Waals surface area contributed by atoms with Crippen LogP contribution in [0.15, 0.2) is 48.5 Å².